The summed E-state index contributed by atoms with van der Waals surface area (Å²) in [5.74, 6) is 0. The maximum atomic E-state index is 12.3. The van der Waals surface area contributed by atoms with Gasteiger partial charge in [-0.2, -0.15) is 0 Å². The standard InChI is InChI=1S/C16H18F2N2/c17-16(18)10-15(19)13-6-8-14(9-7-13)20-11-12-4-2-1-3-5-12/h1-9,15-16,20H,10-11,19H2/t15-/m1/s1. The van der Waals surface area contributed by atoms with Crippen LogP contribution in [0, 0.1) is 0 Å². The molecule has 0 bridgehead atoms. The summed E-state index contributed by atoms with van der Waals surface area (Å²) in [5.41, 5.74) is 8.57. The van der Waals surface area contributed by atoms with E-state index in [0.29, 0.717) is 0 Å². The predicted octanol–water partition coefficient (Wildman–Crippen LogP) is 3.95. The number of hydrogen-bond donors (Lipinski definition) is 2. The molecule has 0 amide bonds. The van der Waals surface area contributed by atoms with Crippen LogP contribution >= 0.6 is 0 Å². The summed E-state index contributed by atoms with van der Waals surface area (Å²) < 4.78 is 24.5. The molecule has 3 N–H and O–H groups in total. The highest BCUT2D eigenvalue weighted by Gasteiger charge is 2.12. The Labute approximate surface area is 117 Å². The van der Waals surface area contributed by atoms with Crippen molar-refractivity contribution in [3.8, 4) is 0 Å². The van der Waals surface area contributed by atoms with Crippen molar-refractivity contribution >= 4 is 5.69 Å². The van der Waals surface area contributed by atoms with Crippen LogP contribution in [0.25, 0.3) is 0 Å². The van der Waals surface area contributed by atoms with Crippen LogP contribution in [0.15, 0.2) is 54.6 Å². The van der Waals surface area contributed by atoms with Gasteiger partial charge in [-0.15, -0.1) is 0 Å². The van der Waals surface area contributed by atoms with Gasteiger partial charge >= 0.3 is 0 Å². The van der Waals surface area contributed by atoms with Crippen LogP contribution in [0.2, 0.25) is 0 Å². The smallest absolute Gasteiger partial charge is 0.240 e. The Hall–Kier alpha value is -1.94. The van der Waals surface area contributed by atoms with E-state index in [9.17, 15) is 8.78 Å². The third-order valence-electron chi connectivity index (χ3n) is 3.11. The van der Waals surface area contributed by atoms with Crippen molar-refractivity contribution in [2.24, 2.45) is 5.73 Å². The largest absolute Gasteiger partial charge is 0.381 e. The number of rotatable bonds is 6. The SMILES string of the molecule is N[C@H](CC(F)F)c1ccc(NCc2ccccc2)cc1. The average molecular weight is 276 g/mol. The molecule has 0 aliphatic rings. The number of benzene rings is 2. The zero-order valence-electron chi connectivity index (χ0n) is 11.1. The third-order valence-corrected chi connectivity index (χ3v) is 3.11. The van der Waals surface area contributed by atoms with E-state index >= 15 is 0 Å². The lowest BCUT2D eigenvalue weighted by Gasteiger charge is -2.12. The first kappa shape index (κ1) is 14.5. The van der Waals surface area contributed by atoms with E-state index in [2.05, 4.69) is 5.32 Å². The highest BCUT2D eigenvalue weighted by Crippen LogP contribution is 2.20. The van der Waals surface area contributed by atoms with Crippen LogP contribution in [0.4, 0.5) is 14.5 Å². The van der Waals surface area contributed by atoms with Gasteiger partial charge < -0.3 is 11.1 Å². The minimum Gasteiger partial charge on any atom is -0.381 e. The molecule has 2 nitrogen and oxygen atoms in total. The monoisotopic (exact) mass is 276 g/mol. The summed E-state index contributed by atoms with van der Waals surface area (Å²) in [7, 11) is 0. The molecule has 4 heteroatoms. The summed E-state index contributed by atoms with van der Waals surface area (Å²) in [6, 6.07) is 16.7. The fourth-order valence-corrected chi connectivity index (χ4v) is 1.98. The summed E-state index contributed by atoms with van der Waals surface area (Å²) in [5, 5.41) is 3.28. The van der Waals surface area contributed by atoms with E-state index in [1.165, 1.54) is 5.56 Å². The Morgan fingerprint density at radius 1 is 0.950 bits per heavy atom. The highest BCUT2D eigenvalue weighted by molar-refractivity contribution is 5.45. The molecule has 0 aromatic heterocycles. The van der Waals surface area contributed by atoms with E-state index in [4.69, 9.17) is 5.73 Å². The Bertz CT molecular complexity index is 512. The van der Waals surface area contributed by atoms with Gasteiger partial charge in [0.2, 0.25) is 6.43 Å². The Morgan fingerprint density at radius 3 is 2.20 bits per heavy atom. The fourth-order valence-electron chi connectivity index (χ4n) is 1.98. The van der Waals surface area contributed by atoms with Crippen LogP contribution in [0.1, 0.15) is 23.6 Å². The predicted molar refractivity (Wildman–Crippen MR) is 77.8 cm³/mol. The van der Waals surface area contributed by atoms with Gasteiger partial charge in [-0.25, -0.2) is 8.78 Å². The van der Waals surface area contributed by atoms with Gasteiger partial charge in [-0.3, -0.25) is 0 Å². The van der Waals surface area contributed by atoms with Crippen LogP contribution in [0.5, 0.6) is 0 Å². The summed E-state index contributed by atoms with van der Waals surface area (Å²) in [4.78, 5) is 0. The van der Waals surface area contributed by atoms with Crippen LogP contribution in [-0.4, -0.2) is 6.43 Å². The molecule has 0 radical (unpaired) electrons. The topological polar surface area (TPSA) is 38.0 Å². The highest BCUT2D eigenvalue weighted by atomic mass is 19.3. The lowest BCUT2D eigenvalue weighted by Crippen LogP contribution is -2.13. The average Bonchev–Trinajstić information content (AvgIpc) is 2.46. The van der Waals surface area contributed by atoms with Crippen molar-refractivity contribution in [3.05, 3.63) is 65.7 Å². The molecule has 2 aromatic rings. The van der Waals surface area contributed by atoms with Gasteiger partial charge in [0.05, 0.1) is 0 Å². The molecule has 1 atom stereocenters. The fraction of sp³-hybridized carbons (Fsp3) is 0.250. The van der Waals surface area contributed by atoms with E-state index in [1.54, 1.807) is 12.1 Å². The minimum absolute atomic E-state index is 0.309. The Morgan fingerprint density at radius 2 is 1.60 bits per heavy atom. The Kier molecular flexibility index (Phi) is 5.07. The number of hydrogen-bond acceptors (Lipinski definition) is 2. The number of nitrogens with two attached hydrogens (primary N) is 1. The van der Waals surface area contributed by atoms with Gasteiger partial charge in [0, 0.05) is 24.7 Å². The van der Waals surface area contributed by atoms with Crippen molar-refractivity contribution in [3.63, 3.8) is 0 Å². The molecular formula is C16H18F2N2. The maximum Gasteiger partial charge on any atom is 0.240 e. The summed E-state index contributed by atoms with van der Waals surface area (Å²) >= 11 is 0. The van der Waals surface area contributed by atoms with Gasteiger partial charge in [-0.1, -0.05) is 42.5 Å². The maximum absolute atomic E-state index is 12.3. The van der Waals surface area contributed by atoms with Gasteiger partial charge in [-0.05, 0) is 23.3 Å². The molecule has 2 rings (SSSR count). The van der Waals surface area contributed by atoms with E-state index < -0.39 is 12.5 Å². The molecule has 0 unspecified atom stereocenters. The molecular weight excluding hydrogens is 258 g/mol. The number of alkyl halides is 2. The van der Waals surface area contributed by atoms with Crippen LogP contribution < -0.4 is 11.1 Å². The van der Waals surface area contributed by atoms with Crippen molar-refractivity contribution < 1.29 is 8.78 Å². The van der Waals surface area contributed by atoms with Gasteiger partial charge in [0.25, 0.3) is 0 Å². The normalized spacial score (nSPS) is 12.4. The Balaban J connectivity index is 1.91. The summed E-state index contributed by atoms with van der Waals surface area (Å²) in [6.07, 6.45) is -2.68. The van der Waals surface area contributed by atoms with Crippen LogP contribution in [0.3, 0.4) is 0 Å². The quantitative estimate of drug-likeness (QED) is 0.838. The molecule has 0 saturated carbocycles. The first-order chi connectivity index (χ1) is 9.65. The lowest BCUT2D eigenvalue weighted by atomic mass is 10.0. The van der Waals surface area contributed by atoms with Crippen molar-refractivity contribution in [1.82, 2.24) is 0 Å². The minimum atomic E-state index is -2.37. The second kappa shape index (κ2) is 7.01. The first-order valence-corrected chi connectivity index (χ1v) is 6.56. The van der Waals surface area contributed by atoms with E-state index in [0.717, 1.165) is 17.8 Å². The second-order valence-corrected chi connectivity index (χ2v) is 4.69. The first-order valence-electron chi connectivity index (χ1n) is 6.56. The zero-order valence-corrected chi connectivity index (χ0v) is 11.1. The number of halogens is 2. The zero-order chi connectivity index (χ0) is 14.4. The van der Waals surface area contributed by atoms with Gasteiger partial charge in [0.15, 0.2) is 0 Å². The van der Waals surface area contributed by atoms with E-state index in [1.807, 2.05) is 42.5 Å². The molecule has 2 aromatic carbocycles. The number of anilines is 1. The van der Waals surface area contributed by atoms with Crippen molar-refractivity contribution in [2.45, 2.75) is 25.4 Å². The molecule has 0 aliphatic carbocycles. The molecule has 20 heavy (non-hydrogen) atoms. The summed E-state index contributed by atoms with van der Waals surface area (Å²) in [6.45, 7) is 0.725. The van der Waals surface area contributed by atoms with Crippen molar-refractivity contribution in [2.75, 3.05) is 5.32 Å². The van der Waals surface area contributed by atoms with E-state index in [-0.39, 0.29) is 6.42 Å². The third kappa shape index (κ3) is 4.31. The molecule has 0 saturated heterocycles. The molecule has 0 heterocycles. The number of nitrogens with one attached hydrogen (secondary N) is 1. The molecule has 0 spiro atoms. The molecule has 0 aliphatic heterocycles. The van der Waals surface area contributed by atoms with Gasteiger partial charge in [0.1, 0.15) is 0 Å². The molecule has 0 fully saturated rings. The molecule has 106 valence electrons. The van der Waals surface area contributed by atoms with Crippen LogP contribution in [-0.2, 0) is 6.54 Å². The lowest BCUT2D eigenvalue weighted by molar-refractivity contribution is 0.128. The van der Waals surface area contributed by atoms with Crippen molar-refractivity contribution in [1.29, 1.82) is 0 Å². The second-order valence-electron chi connectivity index (χ2n) is 4.69.